The van der Waals surface area contributed by atoms with Crippen molar-refractivity contribution in [3.05, 3.63) is 28.1 Å². The van der Waals surface area contributed by atoms with Gasteiger partial charge in [0.2, 0.25) is 0 Å². The fraction of sp³-hybridized carbons (Fsp3) is 0.571. The van der Waals surface area contributed by atoms with Gasteiger partial charge in [0.25, 0.3) is 0 Å². The van der Waals surface area contributed by atoms with Gasteiger partial charge in [-0.25, -0.2) is 0 Å². The maximum atomic E-state index is 9.37. The van der Waals surface area contributed by atoms with Gasteiger partial charge >= 0.3 is 0 Å². The first kappa shape index (κ1) is 9.84. The van der Waals surface area contributed by atoms with Crippen molar-refractivity contribution in [2.45, 2.75) is 51.4 Å². The van der Waals surface area contributed by atoms with Gasteiger partial charge in [0.1, 0.15) is 0 Å². The van der Waals surface area contributed by atoms with E-state index in [0.717, 1.165) is 31.2 Å². The van der Waals surface area contributed by atoms with Crippen molar-refractivity contribution < 1.29 is 0 Å². The first-order chi connectivity index (χ1) is 7.90. The van der Waals surface area contributed by atoms with Crippen LogP contribution in [0.25, 0.3) is 0 Å². The monoisotopic (exact) mass is 212 g/mol. The number of aryl methyl sites for hydroxylation is 2. The Kier molecular flexibility index (Phi) is 2.40. The summed E-state index contributed by atoms with van der Waals surface area (Å²) >= 11 is 0. The van der Waals surface area contributed by atoms with Gasteiger partial charge in [-0.05, 0) is 62.5 Å². The summed E-state index contributed by atoms with van der Waals surface area (Å²) < 4.78 is 0. The Morgan fingerprint density at radius 3 is 1.81 bits per heavy atom. The Hall–Kier alpha value is -1.36. The van der Waals surface area contributed by atoms with Gasteiger partial charge in [0.15, 0.2) is 0 Å². The second-order valence-electron chi connectivity index (χ2n) is 4.86. The highest BCUT2D eigenvalue weighted by molar-refractivity contribution is 5.50. The average molecular weight is 212 g/mol. The van der Waals surface area contributed by atoms with Crippen LogP contribution >= 0.6 is 0 Å². The summed E-state index contributed by atoms with van der Waals surface area (Å²) in [5.41, 5.74) is 5.98. The van der Waals surface area contributed by atoms with E-state index in [2.05, 4.69) is 6.07 Å². The molecule has 1 aromatic rings. The molecule has 2 heteroatoms. The Morgan fingerprint density at radius 2 is 1.31 bits per heavy atom. The Labute approximate surface area is 96.3 Å². The van der Waals surface area contributed by atoms with Gasteiger partial charge in [-0.15, -0.1) is 0 Å². The largest absolute Gasteiger partial charge is 0.257 e. The van der Waals surface area contributed by atoms with Crippen molar-refractivity contribution in [1.29, 1.82) is 5.26 Å². The quantitative estimate of drug-likeness (QED) is 0.663. The number of nitrogens with zero attached hydrogens (tertiary/aromatic N) is 2. The molecule has 0 fully saturated rings. The number of pyridine rings is 1. The van der Waals surface area contributed by atoms with Crippen molar-refractivity contribution in [2.24, 2.45) is 0 Å². The summed E-state index contributed by atoms with van der Waals surface area (Å²) in [6, 6.07) is 2.44. The lowest BCUT2D eigenvalue weighted by molar-refractivity contribution is 0.625. The van der Waals surface area contributed by atoms with Crippen LogP contribution in [0.1, 0.15) is 53.8 Å². The minimum Gasteiger partial charge on any atom is -0.257 e. The number of hydrogen-bond acceptors (Lipinski definition) is 2. The molecule has 2 aliphatic carbocycles. The SMILES string of the molecule is N#Cc1c2c(nc3c1CCCC3)CCCC2. The minimum atomic E-state index is 0.986. The molecule has 0 unspecified atom stereocenters. The Morgan fingerprint density at radius 1 is 0.812 bits per heavy atom. The summed E-state index contributed by atoms with van der Waals surface area (Å²) in [6.07, 6.45) is 9.23. The van der Waals surface area contributed by atoms with E-state index in [0.29, 0.717) is 0 Å². The molecule has 0 aliphatic heterocycles. The maximum absolute atomic E-state index is 9.37. The molecule has 0 radical (unpaired) electrons. The van der Waals surface area contributed by atoms with Crippen molar-refractivity contribution in [3.8, 4) is 6.07 Å². The maximum Gasteiger partial charge on any atom is 0.0998 e. The van der Waals surface area contributed by atoms with Crippen LogP contribution in [0.4, 0.5) is 0 Å². The van der Waals surface area contributed by atoms with Crippen molar-refractivity contribution in [1.82, 2.24) is 4.98 Å². The molecule has 0 amide bonds. The van der Waals surface area contributed by atoms with Crippen molar-refractivity contribution >= 4 is 0 Å². The number of hydrogen-bond donors (Lipinski definition) is 0. The molecule has 0 atom stereocenters. The molecule has 1 heterocycles. The third-order valence-electron chi connectivity index (χ3n) is 3.86. The van der Waals surface area contributed by atoms with Crippen LogP contribution in [0.2, 0.25) is 0 Å². The molecule has 0 saturated heterocycles. The summed E-state index contributed by atoms with van der Waals surface area (Å²) in [4.78, 5) is 4.81. The van der Waals surface area contributed by atoms with Gasteiger partial charge in [0, 0.05) is 11.4 Å². The van der Waals surface area contributed by atoms with Crippen LogP contribution in [0.5, 0.6) is 0 Å². The number of fused-ring (bicyclic) bond motifs is 2. The predicted molar refractivity (Wildman–Crippen MR) is 62.2 cm³/mol. The molecular formula is C14H16N2. The Bertz CT molecular complexity index is 434. The molecule has 0 N–H and O–H groups in total. The lowest BCUT2D eigenvalue weighted by Crippen LogP contribution is -2.16. The second kappa shape index (κ2) is 3.90. The first-order valence-corrected chi connectivity index (χ1v) is 6.34. The third-order valence-corrected chi connectivity index (χ3v) is 3.86. The zero-order chi connectivity index (χ0) is 11.0. The molecular weight excluding hydrogens is 196 g/mol. The zero-order valence-electron chi connectivity index (χ0n) is 9.55. The lowest BCUT2D eigenvalue weighted by atomic mass is 9.85. The van der Waals surface area contributed by atoms with E-state index in [1.54, 1.807) is 0 Å². The number of nitriles is 1. The highest BCUT2D eigenvalue weighted by Gasteiger charge is 2.22. The number of aromatic nitrogens is 1. The van der Waals surface area contributed by atoms with E-state index in [9.17, 15) is 5.26 Å². The van der Waals surface area contributed by atoms with E-state index in [4.69, 9.17) is 4.98 Å². The average Bonchev–Trinajstić information content (AvgIpc) is 2.36. The van der Waals surface area contributed by atoms with Crippen LogP contribution in [0.15, 0.2) is 0 Å². The molecule has 3 rings (SSSR count). The molecule has 16 heavy (non-hydrogen) atoms. The minimum absolute atomic E-state index is 0.986. The zero-order valence-corrected chi connectivity index (χ0v) is 9.55. The van der Waals surface area contributed by atoms with Crippen LogP contribution in [-0.2, 0) is 25.7 Å². The fourth-order valence-electron chi connectivity index (χ4n) is 3.04. The van der Waals surface area contributed by atoms with Crippen LogP contribution < -0.4 is 0 Å². The fourth-order valence-corrected chi connectivity index (χ4v) is 3.04. The van der Waals surface area contributed by atoms with Gasteiger partial charge in [-0.3, -0.25) is 4.98 Å². The molecule has 82 valence electrons. The smallest absolute Gasteiger partial charge is 0.0998 e. The summed E-state index contributed by atoms with van der Waals surface area (Å²) in [5.74, 6) is 0. The van der Waals surface area contributed by atoms with Crippen molar-refractivity contribution in [3.63, 3.8) is 0 Å². The molecule has 2 aliphatic rings. The second-order valence-corrected chi connectivity index (χ2v) is 4.86. The first-order valence-electron chi connectivity index (χ1n) is 6.34. The van der Waals surface area contributed by atoms with E-state index >= 15 is 0 Å². The number of rotatable bonds is 0. The van der Waals surface area contributed by atoms with E-state index in [1.165, 1.54) is 48.2 Å². The molecule has 0 spiro atoms. The molecule has 0 saturated carbocycles. The predicted octanol–water partition coefficient (Wildman–Crippen LogP) is 2.71. The molecule has 1 aromatic heterocycles. The highest BCUT2D eigenvalue weighted by atomic mass is 14.7. The standard InChI is InChI=1S/C14H16N2/c15-9-12-10-5-1-3-7-13(10)16-14-8-4-2-6-11(12)14/h1-8H2. The van der Waals surface area contributed by atoms with Crippen LogP contribution in [0.3, 0.4) is 0 Å². The summed E-state index contributed by atoms with van der Waals surface area (Å²) in [5, 5.41) is 9.37. The topological polar surface area (TPSA) is 36.7 Å². The van der Waals surface area contributed by atoms with Gasteiger partial charge in [-0.1, -0.05) is 0 Å². The van der Waals surface area contributed by atoms with E-state index in [1.807, 2.05) is 0 Å². The van der Waals surface area contributed by atoms with Crippen molar-refractivity contribution in [2.75, 3.05) is 0 Å². The van der Waals surface area contributed by atoms with Crippen LogP contribution in [-0.4, -0.2) is 4.98 Å². The third kappa shape index (κ3) is 1.43. The van der Waals surface area contributed by atoms with E-state index < -0.39 is 0 Å². The highest BCUT2D eigenvalue weighted by Crippen LogP contribution is 2.30. The summed E-state index contributed by atoms with van der Waals surface area (Å²) in [6.45, 7) is 0. The lowest BCUT2D eigenvalue weighted by Gasteiger charge is -2.23. The Balaban J connectivity index is 2.21. The van der Waals surface area contributed by atoms with Gasteiger partial charge < -0.3 is 0 Å². The summed E-state index contributed by atoms with van der Waals surface area (Å²) in [7, 11) is 0. The van der Waals surface area contributed by atoms with E-state index in [-0.39, 0.29) is 0 Å². The molecule has 0 bridgehead atoms. The molecule has 0 aromatic carbocycles. The van der Waals surface area contributed by atoms with Gasteiger partial charge in [0.05, 0.1) is 11.6 Å². The van der Waals surface area contributed by atoms with Gasteiger partial charge in [-0.2, -0.15) is 5.26 Å². The normalized spacial score (nSPS) is 18.4. The molecule has 2 nitrogen and oxygen atoms in total. The van der Waals surface area contributed by atoms with Crippen LogP contribution in [0, 0.1) is 11.3 Å².